The smallest absolute Gasteiger partial charge is 0.0819 e. The van der Waals surface area contributed by atoms with Gasteiger partial charge in [0, 0.05) is 27.7 Å². The van der Waals surface area contributed by atoms with E-state index in [0.29, 0.717) is 0 Å². The van der Waals surface area contributed by atoms with E-state index >= 15 is 0 Å². The summed E-state index contributed by atoms with van der Waals surface area (Å²) >= 11 is 0. The van der Waals surface area contributed by atoms with Gasteiger partial charge in [0.25, 0.3) is 0 Å². The molecule has 5 rings (SSSR count). The number of pyridine rings is 2. The Bertz CT molecular complexity index is 1220. The van der Waals surface area contributed by atoms with Crippen molar-refractivity contribution < 1.29 is 0 Å². The number of para-hydroxylation sites is 1. The summed E-state index contributed by atoms with van der Waals surface area (Å²) in [6.45, 7) is 2.11. The molecule has 0 aliphatic carbocycles. The minimum atomic E-state index is 1.02. The summed E-state index contributed by atoms with van der Waals surface area (Å²) in [5.74, 6) is 0. The van der Waals surface area contributed by atoms with Crippen LogP contribution >= 0.6 is 0 Å². The number of nitrogens with zero attached hydrogens (tertiary/aromatic N) is 2. The van der Waals surface area contributed by atoms with Crippen LogP contribution in [0.4, 0.5) is 0 Å². The topological polar surface area (TPSA) is 25.8 Å². The minimum absolute atomic E-state index is 1.02. The summed E-state index contributed by atoms with van der Waals surface area (Å²) in [6.07, 6.45) is 1.94. The maximum absolute atomic E-state index is 4.97. The fourth-order valence-electron chi connectivity index (χ4n) is 3.40. The summed E-state index contributed by atoms with van der Waals surface area (Å²) < 4.78 is 0. The maximum atomic E-state index is 4.97. The van der Waals surface area contributed by atoms with Gasteiger partial charge in [0.05, 0.1) is 16.6 Å². The summed E-state index contributed by atoms with van der Waals surface area (Å²) in [4.78, 5) is 9.70. The maximum Gasteiger partial charge on any atom is 0.0819 e. The molecule has 0 saturated heterocycles. The second-order valence-electron chi connectivity index (χ2n) is 6.01. The van der Waals surface area contributed by atoms with Crippen molar-refractivity contribution in [2.75, 3.05) is 0 Å². The molecule has 2 heteroatoms. The van der Waals surface area contributed by atoms with Gasteiger partial charge >= 0.3 is 0 Å². The summed E-state index contributed by atoms with van der Waals surface area (Å²) in [5, 5.41) is 5.76. The van der Waals surface area contributed by atoms with Gasteiger partial charge in [-0.3, -0.25) is 4.98 Å². The van der Waals surface area contributed by atoms with E-state index in [2.05, 4.69) is 67.6 Å². The minimum Gasteiger partial charge on any atom is -0.255 e. The highest BCUT2D eigenvalue weighted by atomic mass is 14.7. The van der Waals surface area contributed by atoms with Gasteiger partial charge in [-0.25, -0.2) is 4.98 Å². The first kappa shape index (κ1) is 12.5. The largest absolute Gasteiger partial charge is 0.255 e. The average Bonchev–Trinajstić information content (AvgIpc) is 2.60. The summed E-state index contributed by atoms with van der Waals surface area (Å²) in [6, 6.07) is 21.2. The van der Waals surface area contributed by atoms with E-state index in [1.807, 2.05) is 6.20 Å². The zero-order valence-electron chi connectivity index (χ0n) is 12.7. The Morgan fingerprint density at radius 1 is 0.652 bits per heavy atom. The van der Waals surface area contributed by atoms with E-state index in [4.69, 9.17) is 9.97 Å². The lowest BCUT2D eigenvalue weighted by Crippen LogP contribution is -1.89. The van der Waals surface area contributed by atoms with Gasteiger partial charge < -0.3 is 0 Å². The highest BCUT2D eigenvalue weighted by Gasteiger charge is 2.09. The third-order valence-electron chi connectivity index (χ3n) is 4.57. The zero-order valence-corrected chi connectivity index (χ0v) is 12.7. The lowest BCUT2D eigenvalue weighted by Gasteiger charge is -2.08. The Hall–Kier alpha value is -3.00. The third kappa shape index (κ3) is 1.75. The van der Waals surface area contributed by atoms with Crippen molar-refractivity contribution in [3.05, 3.63) is 72.4 Å². The molecule has 0 radical (unpaired) electrons. The lowest BCUT2D eigenvalue weighted by molar-refractivity contribution is 1.40. The lowest BCUT2D eigenvalue weighted by atomic mass is 10.0. The normalized spacial score (nSPS) is 11.7. The Balaban J connectivity index is 2.02. The van der Waals surface area contributed by atoms with E-state index in [-0.39, 0.29) is 0 Å². The van der Waals surface area contributed by atoms with Crippen LogP contribution in [-0.4, -0.2) is 9.97 Å². The fraction of sp³-hybridized carbons (Fsp3) is 0.0476. The Morgan fingerprint density at radius 2 is 1.52 bits per heavy atom. The summed E-state index contributed by atoms with van der Waals surface area (Å²) in [7, 11) is 0. The van der Waals surface area contributed by atoms with Crippen LogP contribution in [0.3, 0.4) is 0 Å². The van der Waals surface area contributed by atoms with Gasteiger partial charge in [0.2, 0.25) is 0 Å². The molecule has 5 aromatic rings. The number of fused-ring (bicyclic) bond motifs is 6. The van der Waals surface area contributed by atoms with Crippen molar-refractivity contribution in [1.29, 1.82) is 0 Å². The molecule has 0 aliphatic heterocycles. The summed E-state index contributed by atoms with van der Waals surface area (Å²) in [5.41, 5.74) is 4.33. The highest BCUT2D eigenvalue weighted by molar-refractivity contribution is 6.15. The van der Waals surface area contributed by atoms with E-state index in [0.717, 1.165) is 27.3 Å². The molecular weight excluding hydrogens is 280 g/mol. The molecule has 0 aliphatic rings. The van der Waals surface area contributed by atoms with Gasteiger partial charge in [-0.05, 0) is 30.0 Å². The van der Waals surface area contributed by atoms with E-state index in [1.54, 1.807) is 0 Å². The van der Waals surface area contributed by atoms with E-state index in [9.17, 15) is 0 Å². The molecule has 2 aromatic heterocycles. The van der Waals surface area contributed by atoms with Crippen molar-refractivity contribution >= 4 is 43.5 Å². The number of hydrogen-bond donors (Lipinski definition) is 0. The van der Waals surface area contributed by atoms with Crippen LogP contribution < -0.4 is 0 Å². The molecule has 0 unspecified atom stereocenters. The molecule has 23 heavy (non-hydrogen) atoms. The SMILES string of the molecule is Cc1cccc2cc3cnc4c5ccccc5ccc4c3nc12. The van der Waals surface area contributed by atoms with Crippen molar-refractivity contribution in [1.82, 2.24) is 9.97 Å². The molecule has 0 bridgehead atoms. The average molecular weight is 294 g/mol. The van der Waals surface area contributed by atoms with Crippen LogP contribution in [0.25, 0.3) is 43.5 Å². The molecule has 0 fully saturated rings. The van der Waals surface area contributed by atoms with Gasteiger partial charge in [-0.2, -0.15) is 0 Å². The Kier molecular flexibility index (Phi) is 2.45. The standard InChI is InChI=1S/C21H14N2/c1-13-5-4-7-15-11-16-12-22-21-17-8-3-2-6-14(17)9-10-18(21)20(16)23-19(13)15/h2-12H,1H3. The molecule has 0 amide bonds. The van der Waals surface area contributed by atoms with E-state index < -0.39 is 0 Å². The van der Waals surface area contributed by atoms with E-state index in [1.165, 1.54) is 21.7 Å². The number of aromatic nitrogens is 2. The molecule has 0 spiro atoms. The van der Waals surface area contributed by atoms with Gasteiger partial charge in [-0.1, -0.05) is 48.5 Å². The molecule has 0 atom stereocenters. The molecule has 108 valence electrons. The van der Waals surface area contributed by atoms with Crippen LogP contribution in [0.15, 0.2) is 66.9 Å². The molecule has 3 aromatic carbocycles. The zero-order chi connectivity index (χ0) is 15.4. The Labute approximate surface area is 133 Å². The number of hydrogen-bond acceptors (Lipinski definition) is 2. The quantitative estimate of drug-likeness (QED) is 0.282. The van der Waals surface area contributed by atoms with Crippen LogP contribution in [-0.2, 0) is 0 Å². The first-order valence-corrected chi connectivity index (χ1v) is 7.78. The first-order valence-electron chi connectivity index (χ1n) is 7.78. The van der Waals surface area contributed by atoms with Crippen LogP contribution in [0.5, 0.6) is 0 Å². The predicted octanol–water partition coefficient (Wildman–Crippen LogP) is 5.40. The van der Waals surface area contributed by atoms with Crippen molar-refractivity contribution in [3.63, 3.8) is 0 Å². The number of rotatable bonds is 0. The number of aryl methyl sites for hydroxylation is 1. The predicted molar refractivity (Wildman–Crippen MR) is 96.8 cm³/mol. The van der Waals surface area contributed by atoms with Crippen molar-refractivity contribution in [3.8, 4) is 0 Å². The first-order chi connectivity index (χ1) is 11.3. The van der Waals surface area contributed by atoms with Crippen molar-refractivity contribution in [2.24, 2.45) is 0 Å². The second kappa shape index (κ2) is 4.50. The number of benzene rings is 3. The molecule has 0 N–H and O–H groups in total. The van der Waals surface area contributed by atoms with Crippen LogP contribution in [0, 0.1) is 6.92 Å². The van der Waals surface area contributed by atoms with Crippen molar-refractivity contribution in [2.45, 2.75) is 6.92 Å². The molecule has 0 saturated carbocycles. The fourth-order valence-corrected chi connectivity index (χ4v) is 3.40. The van der Waals surface area contributed by atoms with Gasteiger partial charge in [-0.15, -0.1) is 0 Å². The third-order valence-corrected chi connectivity index (χ3v) is 4.57. The highest BCUT2D eigenvalue weighted by Crippen LogP contribution is 2.30. The van der Waals surface area contributed by atoms with Gasteiger partial charge in [0.15, 0.2) is 0 Å². The monoisotopic (exact) mass is 294 g/mol. The molecule has 2 nitrogen and oxygen atoms in total. The van der Waals surface area contributed by atoms with Crippen LogP contribution in [0.2, 0.25) is 0 Å². The van der Waals surface area contributed by atoms with Gasteiger partial charge in [0.1, 0.15) is 0 Å². The Morgan fingerprint density at radius 3 is 2.48 bits per heavy atom. The molecule has 2 heterocycles. The molecular formula is C21H14N2. The van der Waals surface area contributed by atoms with Crippen LogP contribution in [0.1, 0.15) is 5.56 Å². The second-order valence-corrected chi connectivity index (χ2v) is 6.01.